The first-order chi connectivity index (χ1) is 6.34. The fourth-order valence-corrected chi connectivity index (χ4v) is 1.56. The molecule has 0 amide bonds. The second-order valence-electron chi connectivity index (χ2n) is 3.49. The molecular formula is C9H10N4. The Morgan fingerprint density at radius 1 is 1.38 bits per heavy atom. The molecule has 2 aromatic heterocycles. The summed E-state index contributed by atoms with van der Waals surface area (Å²) < 4.78 is 1.85. The van der Waals surface area contributed by atoms with Gasteiger partial charge < -0.3 is 5.73 Å². The van der Waals surface area contributed by atoms with Crippen LogP contribution in [0.3, 0.4) is 0 Å². The molecule has 0 radical (unpaired) electrons. The molecule has 0 spiro atoms. The predicted molar refractivity (Wildman–Crippen MR) is 49.4 cm³/mol. The van der Waals surface area contributed by atoms with E-state index < -0.39 is 0 Å². The highest BCUT2D eigenvalue weighted by atomic mass is 15.3. The van der Waals surface area contributed by atoms with Crippen molar-refractivity contribution in [3.05, 3.63) is 24.0 Å². The highest BCUT2D eigenvalue weighted by Crippen LogP contribution is 2.39. The van der Waals surface area contributed by atoms with E-state index >= 15 is 0 Å². The maximum atomic E-state index is 5.61. The van der Waals surface area contributed by atoms with Gasteiger partial charge in [0.2, 0.25) is 0 Å². The van der Waals surface area contributed by atoms with Gasteiger partial charge in [0.1, 0.15) is 5.82 Å². The van der Waals surface area contributed by atoms with Gasteiger partial charge in [-0.15, -0.1) is 5.10 Å². The van der Waals surface area contributed by atoms with Crippen molar-refractivity contribution >= 4 is 11.5 Å². The van der Waals surface area contributed by atoms with Crippen molar-refractivity contribution in [1.82, 2.24) is 14.6 Å². The van der Waals surface area contributed by atoms with Crippen LogP contribution in [-0.4, -0.2) is 14.6 Å². The Bertz CT molecular complexity index is 456. The summed E-state index contributed by atoms with van der Waals surface area (Å²) in [5.41, 5.74) is 7.69. The van der Waals surface area contributed by atoms with E-state index in [2.05, 4.69) is 10.1 Å². The third-order valence-electron chi connectivity index (χ3n) is 2.40. The Balaban J connectivity index is 2.29. The first-order valence-electron chi connectivity index (χ1n) is 4.45. The lowest BCUT2D eigenvalue weighted by atomic mass is 10.3. The average Bonchev–Trinajstić information content (AvgIpc) is 2.87. The molecule has 4 heteroatoms. The molecule has 13 heavy (non-hydrogen) atoms. The lowest BCUT2D eigenvalue weighted by Crippen LogP contribution is -1.99. The monoisotopic (exact) mass is 174 g/mol. The van der Waals surface area contributed by atoms with E-state index in [0.717, 1.165) is 5.65 Å². The van der Waals surface area contributed by atoms with Crippen molar-refractivity contribution in [2.75, 3.05) is 5.73 Å². The van der Waals surface area contributed by atoms with E-state index in [9.17, 15) is 0 Å². The molecular weight excluding hydrogens is 164 g/mol. The molecule has 66 valence electrons. The number of anilines is 1. The molecule has 4 nitrogen and oxygen atoms in total. The van der Waals surface area contributed by atoms with Crippen LogP contribution in [0.5, 0.6) is 0 Å². The van der Waals surface area contributed by atoms with Gasteiger partial charge in [-0.25, -0.2) is 9.50 Å². The minimum absolute atomic E-state index is 0.549. The Hall–Kier alpha value is -1.58. The molecule has 3 rings (SSSR count). The average molecular weight is 174 g/mol. The highest BCUT2D eigenvalue weighted by molar-refractivity contribution is 5.44. The van der Waals surface area contributed by atoms with Crippen LogP contribution in [-0.2, 0) is 0 Å². The Morgan fingerprint density at radius 3 is 3.00 bits per heavy atom. The van der Waals surface area contributed by atoms with E-state index in [4.69, 9.17) is 5.73 Å². The number of aromatic nitrogens is 3. The Labute approximate surface area is 75.4 Å². The largest absolute Gasteiger partial charge is 0.382 e. The molecule has 0 atom stereocenters. The summed E-state index contributed by atoms with van der Waals surface area (Å²) in [6, 6.07) is 3.67. The first kappa shape index (κ1) is 6.88. The SMILES string of the molecule is Nc1ccc2ncc(C3CC3)n2n1. The van der Waals surface area contributed by atoms with E-state index in [0.29, 0.717) is 11.7 Å². The minimum Gasteiger partial charge on any atom is -0.382 e. The van der Waals surface area contributed by atoms with Crippen LogP contribution in [0.15, 0.2) is 18.3 Å². The number of nitrogens with zero attached hydrogens (tertiary/aromatic N) is 3. The normalized spacial score (nSPS) is 16.6. The van der Waals surface area contributed by atoms with Crippen molar-refractivity contribution < 1.29 is 0 Å². The lowest BCUT2D eigenvalue weighted by molar-refractivity contribution is 0.859. The smallest absolute Gasteiger partial charge is 0.153 e. The van der Waals surface area contributed by atoms with Gasteiger partial charge in [-0.2, -0.15) is 0 Å². The molecule has 1 aliphatic carbocycles. The van der Waals surface area contributed by atoms with Crippen LogP contribution in [0.1, 0.15) is 24.5 Å². The number of hydrogen-bond acceptors (Lipinski definition) is 3. The van der Waals surface area contributed by atoms with Gasteiger partial charge in [0.05, 0.1) is 11.9 Å². The summed E-state index contributed by atoms with van der Waals surface area (Å²) in [5, 5.41) is 4.23. The van der Waals surface area contributed by atoms with Crippen LogP contribution in [0.2, 0.25) is 0 Å². The molecule has 0 aliphatic heterocycles. The molecule has 1 saturated carbocycles. The van der Waals surface area contributed by atoms with Crippen molar-refractivity contribution in [2.45, 2.75) is 18.8 Å². The summed E-state index contributed by atoms with van der Waals surface area (Å²) in [5.74, 6) is 1.21. The summed E-state index contributed by atoms with van der Waals surface area (Å²) in [4.78, 5) is 4.27. The maximum Gasteiger partial charge on any atom is 0.153 e. The number of rotatable bonds is 1. The van der Waals surface area contributed by atoms with Crippen LogP contribution in [0, 0.1) is 0 Å². The van der Waals surface area contributed by atoms with Crippen LogP contribution in [0.4, 0.5) is 5.82 Å². The summed E-state index contributed by atoms with van der Waals surface area (Å²) in [6.45, 7) is 0. The molecule has 2 aromatic rings. The highest BCUT2D eigenvalue weighted by Gasteiger charge is 2.27. The van der Waals surface area contributed by atoms with Gasteiger partial charge in [0.25, 0.3) is 0 Å². The summed E-state index contributed by atoms with van der Waals surface area (Å²) >= 11 is 0. The van der Waals surface area contributed by atoms with Crippen molar-refractivity contribution in [3.63, 3.8) is 0 Å². The summed E-state index contributed by atoms with van der Waals surface area (Å²) in [7, 11) is 0. The van der Waals surface area contributed by atoms with E-state index in [-0.39, 0.29) is 0 Å². The van der Waals surface area contributed by atoms with Crippen molar-refractivity contribution in [1.29, 1.82) is 0 Å². The van der Waals surface area contributed by atoms with Gasteiger partial charge in [-0.05, 0) is 25.0 Å². The van der Waals surface area contributed by atoms with Gasteiger partial charge in [0, 0.05) is 5.92 Å². The third-order valence-corrected chi connectivity index (χ3v) is 2.40. The number of nitrogen functional groups attached to an aromatic ring is 1. The van der Waals surface area contributed by atoms with Gasteiger partial charge >= 0.3 is 0 Å². The van der Waals surface area contributed by atoms with Crippen molar-refractivity contribution in [2.24, 2.45) is 0 Å². The van der Waals surface area contributed by atoms with E-state index in [1.807, 2.05) is 16.8 Å². The fraction of sp³-hybridized carbons (Fsp3) is 0.333. The minimum atomic E-state index is 0.549. The van der Waals surface area contributed by atoms with E-state index in [1.165, 1.54) is 18.5 Å². The molecule has 1 fully saturated rings. The molecule has 0 saturated heterocycles. The van der Waals surface area contributed by atoms with Gasteiger partial charge in [-0.3, -0.25) is 0 Å². The maximum absolute atomic E-state index is 5.61. The Morgan fingerprint density at radius 2 is 2.23 bits per heavy atom. The van der Waals surface area contributed by atoms with Crippen LogP contribution in [0.25, 0.3) is 5.65 Å². The van der Waals surface area contributed by atoms with Crippen molar-refractivity contribution in [3.8, 4) is 0 Å². The molecule has 2 heterocycles. The quantitative estimate of drug-likeness (QED) is 0.706. The van der Waals surface area contributed by atoms with E-state index in [1.54, 1.807) is 6.07 Å². The van der Waals surface area contributed by atoms with Gasteiger partial charge in [0.15, 0.2) is 5.65 Å². The molecule has 0 unspecified atom stereocenters. The number of fused-ring (bicyclic) bond motifs is 1. The molecule has 0 aromatic carbocycles. The second kappa shape index (κ2) is 2.22. The molecule has 0 bridgehead atoms. The zero-order valence-corrected chi connectivity index (χ0v) is 7.14. The zero-order chi connectivity index (χ0) is 8.84. The molecule has 2 N–H and O–H groups in total. The third kappa shape index (κ3) is 0.983. The molecule has 1 aliphatic rings. The fourth-order valence-electron chi connectivity index (χ4n) is 1.56. The number of imidazole rings is 1. The summed E-state index contributed by atoms with van der Waals surface area (Å²) in [6.07, 6.45) is 4.41. The zero-order valence-electron chi connectivity index (χ0n) is 7.14. The van der Waals surface area contributed by atoms with Gasteiger partial charge in [-0.1, -0.05) is 0 Å². The Kier molecular flexibility index (Phi) is 1.17. The first-order valence-corrected chi connectivity index (χ1v) is 4.45. The lowest BCUT2D eigenvalue weighted by Gasteiger charge is -1.98. The van der Waals surface area contributed by atoms with Crippen LogP contribution < -0.4 is 5.73 Å². The predicted octanol–water partition coefficient (Wildman–Crippen LogP) is 1.19. The topological polar surface area (TPSA) is 56.2 Å². The number of hydrogen-bond donors (Lipinski definition) is 1. The standard InChI is InChI=1S/C9H10N4/c10-8-3-4-9-11-5-7(6-1-2-6)13(9)12-8/h3-6H,1-2H2,(H2,10,12). The second-order valence-corrected chi connectivity index (χ2v) is 3.49. The number of nitrogens with two attached hydrogens (primary N) is 1. The van der Waals surface area contributed by atoms with Crippen LogP contribution >= 0.6 is 0 Å².